The maximum Gasteiger partial charge on any atom is 0.249 e. The quantitative estimate of drug-likeness (QED) is 0.843. The molecule has 0 unspecified atom stereocenters. The molecule has 1 aromatic carbocycles. The summed E-state index contributed by atoms with van der Waals surface area (Å²) in [4.78, 5) is 28.2. The van der Waals surface area contributed by atoms with Crippen LogP contribution in [-0.2, 0) is 9.59 Å². The van der Waals surface area contributed by atoms with Crippen LogP contribution in [0.25, 0.3) is 0 Å². The predicted octanol–water partition coefficient (Wildman–Crippen LogP) is 2.83. The number of amides is 2. The Kier molecular flexibility index (Phi) is 4.54. The van der Waals surface area contributed by atoms with Gasteiger partial charge in [0.05, 0.1) is 0 Å². The van der Waals surface area contributed by atoms with Gasteiger partial charge in [-0.1, -0.05) is 20.8 Å². The second kappa shape index (κ2) is 6.07. The average Bonchev–Trinajstić information content (AvgIpc) is 2.41. The maximum absolute atomic E-state index is 13.0. The van der Waals surface area contributed by atoms with Gasteiger partial charge in [-0.05, 0) is 36.6 Å². The lowest BCUT2D eigenvalue weighted by molar-refractivity contribution is -0.142. The van der Waals surface area contributed by atoms with Gasteiger partial charge in [0.25, 0.3) is 0 Å². The number of carbonyl (C=O) groups is 2. The summed E-state index contributed by atoms with van der Waals surface area (Å²) in [6.45, 7) is 8.70. The second-order valence-electron chi connectivity index (χ2n) is 6.97. The zero-order chi connectivity index (χ0) is 16.5. The fourth-order valence-corrected chi connectivity index (χ4v) is 2.64. The molecule has 1 saturated heterocycles. The number of halogens is 1. The minimum absolute atomic E-state index is 0.00658. The van der Waals surface area contributed by atoms with E-state index in [0.717, 1.165) is 0 Å². The summed E-state index contributed by atoms with van der Waals surface area (Å²) in [6, 6.07) is 5.36. The number of rotatable bonds is 2. The van der Waals surface area contributed by atoms with E-state index in [1.807, 2.05) is 20.8 Å². The summed E-state index contributed by atoms with van der Waals surface area (Å²) in [6.07, 6.45) is 0.418. The fourth-order valence-electron chi connectivity index (χ4n) is 2.64. The van der Waals surface area contributed by atoms with Gasteiger partial charge < -0.3 is 9.80 Å². The van der Waals surface area contributed by atoms with Crippen LogP contribution in [0.5, 0.6) is 0 Å². The lowest BCUT2D eigenvalue weighted by Crippen LogP contribution is -2.58. The molecule has 1 atom stereocenters. The van der Waals surface area contributed by atoms with E-state index in [1.165, 1.54) is 12.1 Å². The second-order valence-corrected chi connectivity index (χ2v) is 6.97. The number of carbonyl (C=O) groups excluding carboxylic acids is 2. The molecule has 1 heterocycles. The molecule has 0 N–H and O–H groups in total. The predicted molar refractivity (Wildman–Crippen MR) is 84.0 cm³/mol. The molecule has 0 radical (unpaired) electrons. The summed E-state index contributed by atoms with van der Waals surface area (Å²) in [5, 5.41) is 0. The van der Waals surface area contributed by atoms with Gasteiger partial charge in [-0.3, -0.25) is 9.59 Å². The van der Waals surface area contributed by atoms with E-state index >= 15 is 0 Å². The highest BCUT2D eigenvalue weighted by Gasteiger charge is 2.35. The number of anilines is 1. The summed E-state index contributed by atoms with van der Waals surface area (Å²) in [5.74, 6) is -0.449. The first-order valence-electron chi connectivity index (χ1n) is 7.55. The standard InChI is InChI=1S/C17H23FN2O2/c1-12-16(22)20(14-7-5-13(18)6-8-14)10-9-19(12)15(21)11-17(2,3)4/h5-8,12H,9-11H2,1-4H3/t12-/m1/s1. The smallest absolute Gasteiger partial charge is 0.249 e. The van der Waals surface area contributed by atoms with E-state index in [2.05, 4.69) is 0 Å². The van der Waals surface area contributed by atoms with Crippen LogP contribution in [0.2, 0.25) is 0 Å². The lowest BCUT2D eigenvalue weighted by atomic mass is 9.91. The Bertz CT molecular complexity index is 563. The molecule has 0 bridgehead atoms. The summed E-state index contributed by atoms with van der Waals surface area (Å²) in [7, 11) is 0. The van der Waals surface area contributed by atoms with E-state index in [1.54, 1.807) is 28.9 Å². The molecule has 0 aromatic heterocycles. The van der Waals surface area contributed by atoms with Gasteiger partial charge >= 0.3 is 0 Å². The Balaban J connectivity index is 2.11. The number of benzene rings is 1. The first-order valence-corrected chi connectivity index (χ1v) is 7.55. The van der Waals surface area contributed by atoms with Crippen molar-refractivity contribution in [3.8, 4) is 0 Å². The molecule has 5 heteroatoms. The monoisotopic (exact) mass is 306 g/mol. The molecule has 1 aliphatic heterocycles. The summed E-state index contributed by atoms with van der Waals surface area (Å²) in [5.41, 5.74) is 0.565. The molecule has 2 rings (SSSR count). The Labute approximate surface area is 130 Å². The van der Waals surface area contributed by atoms with Gasteiger partial charge in [-0.2, -0.15) is 0 Å². The normalized spacial score (nSPS) is 19.5. The van der Waals surface area contributed by atoms with Gasteiger partial charge in [0.1, 0.15) is 11.9 Å². The highest BCUT2D eigenvalue weighted by molar-refractivity contribution is 6.00. The van der Waals surface area contributed by atoms with E-state index < -0.39 is 6.04 Å². The first kappa shape index (κ1) is 16.5. The number of piperazine rings is 1. The maximum atomic E-state index is 13.0. The molecule has 0 aliphatic carbocycles. The fraction of sp³-hybridized carbons (Fsp3) is 0.529. The third-order valence-electron chi connectivity index (χ3n) is 3.80. The van der Waals surface area contributed by atoms with E-state index in [-0.39, 0.29) is 23.0 Å². The molecular formula is C17H23FN2O2. The summed E-state index contributed by atoms with van der Waals surface area (Å²) < 4.78 is 13.0. The van der Waals surface area contributed by atoms with Crippen molar-refractivity contribution in [1.82, 2.24) is 4.90 Å². The van der Waals surface area contributed by atoms with Gasteiger partial charge in [-0.15, -0.1) is 0 Å². The molecule has 1 aromatic rings. The molecule has 1 aliphatic rings. The van der Waals surface area contributed by atoms with Crippen LogP contribution in [0.1, 0.15) is 34.1 Å². The largest absolute Gasteiger partial charge is 0.329 e. The topological polar surface area (TPSA) is 40.6 Å². The van der Waals surface area contributed by atoms with Gasteiger partial charge in [-0.25, -0.2) is 4.39 Å². The molecule has 2 amide bonds. The van der Waals surface area contributed by atoms with Crippen molar-refractivity contribution in [3.05, 3.63) is 30.1 Å². The molecule has 0 saturated carbocycles. The van der Waals surface area contributed by atoms with Crippen molar-refractivity contribution in [2.75, 3.05) is 18.0 Å². The van der Waals surface area contributed by atoms with Crippen molar-refractivity contribution in [2.24, 2.45) is 5.41 Å². The van der Waals surface area contributed by atoms with E-state index in [9.17, 15) is 14.0 Å². The summed E-state index contributed by atoms with van der Waals surface area (Å²) >= 11 is 0. The minimum atomic E-state index is -0.492. The van der Waals surface area contributed by atoms with Crippen LogP contribution in [0.15, 0.2) is 24.3 Å². The zero-order valence-corrected chi connectivity index (χ0v) is 13.6. The van der Waals surface area contributed by atoms with Crippen LogP contribution in [0, 0.1) is 11.2 Å². The average molecular weight is 306 g/mol. The van der Waals surface area contributed by atoms with Crippen LogP contribution >= 0.6 is 0 Å². The molecule has 4 nitrogen and oxygen atoms in total. The van der Waals surface area contributed by atoms with Crippen molar-refractivity contribution < 1.29 is 14.0 Å². The highest BCUT2D eigenvalue weighted by atomic mass is 19.1. The van der Waals surface area contributed by atoms with Gasteiger partial charge in [0.15, 0.2) is 0 Å². The molecule has 0 spiro atoms. The SMILES string of the molecule is C[C@@H]1C(=O)N(c2ccc(F)cc2)CCN1C(=O)CC(C)(C)C. The van der Waals surface area contributed by atoms with Crippen molar-refractivity contribution in [2.45, 2.75) is 40.2 Å². The number of hydrogen-bond donors (Lipinski definition) is 0. The third-order valence-corrected chi connectivity index (χ3v) is 3.80. The highest BCUT2D eigenvalue weighted by Crippen LogP contribution is 2.24. The third kappa shape index (κ3) is 3.64. The van der Waals surface area contributed by atoms with Crippen LogP contribution in [0.4, 0.5) is 10.1 Å². The lowest BCUT2D eigenvalue weighted by Gasteiger charge is -2.40. The van der Waals surface area contributed by atoms with Crippen LogP contribution in [-0.4, -0.2) is 35.8 Å². The Morgan fingerprint density at radius 2 is 1.82 bits per heavy atom. The zero-order valence-electron chi connectivity index (χ0n) is 13.6. The first-order chi connectivity index (χ1) is 10.2. The van der Waals surface area contributed by atoms with Crippen LogP contribution in [0.3, 0.4) is 0 Å². The Morgan fingerprint density at radius 3 is 2.36 bits per heavy atom. The number of hydrogen-bond acceptors (Lipinski definition) is 2. The molecular weight excluding hydrogens is 283 g/mol. The minimum Gasteiger partial charge on any atom is -0.329 e. The molecule has 120 valence electrons. The molecule has 1 fully saturated rings. The van der Waals surface area contributed by atoms with Crippen LogP contribution < -0.4 is 4.90 Å². The van der Waals surface area contributed by atoms with Crippen molar-refractivity contribution >= 4 is 17.5 Å². The van der Waals surface area contributed by atoms with E-state index in [0.29, 0.717) is 25.2 Å². The van der Waals surface area contributed by atoms with Gasteiger partial charge in [0, 0.05) is 25.2 Å². The number of nitrogens with zero attached hydrogens (tertiary/aromatic N) is 2. The Morgan fingerprint density at radius 1 is 1.23 bits per heavy atom. The van der Waals surface area contributed by atoms with Crippen molar-refractivity contribution in [1.29, 1.82) is 0 Å². The van der Waals surface area contributed by atoms with E-state index in [4.69, 9.17) is 0 Å². The van der Waals surface area contributed by atoms with Gasteiger partial charge in [0.2, 0.25) is 11.8 Å². The Hall–Kier alpha value is -1.91. The van der Waals surface area contributed by atoms with Crippen molar-refractivity contribution in [3.63, 3.8) is 0 Å². The molecule has 22 heavy (non-hydrogen) atoms.